The summed E-state index contributed by atoms with van der Waals surface area (Å²) < 4.78 is 14.6. The molecular weight excluding hydrogens is 231 g/mol. The highest BCUT2D eigenvalue weighted by atomic mass is 19.1. The van der Waals surface area contributed by atoms with E-state index in [1.165, 1.54) is 12.1 Å². The number of aryl methyl sites for hydroxylation is 2. The molecule has 0 fully saturated rings. The van der Waals surface area contributed by atoms with Crippen molar-refractivity contribution in [2.45, 2.75) is 13.0 Å². The maximum atomic E-state index is 12.8. The van der Waals surface area contributed by atoms with Gasteiger partial charge >= 0.3 is 0 Å². The Labute approximate surface area is 106 Å². The minimum absolute atomic E-state index is 0.0239. The monoisotopic (exact) mass is 248 g/mol. The average molecular weight is 248 g/mol. The van der Waals surface area contributed by atoms with Gasteiger partial charge in [-0.05, 0) is 31.2 Å². The van der Waals surface area contributed by atoms with E-state index < -0.39 is 0 Å². The summed E-state index contributed by atoms with van der Waals surface area (Å²) in [7, 11) is 1.88. The molecule has 0 bridgehead atoms. The van der Waals surface area contributed by atoms with E-state index in [9.17, 15) is 4.39 Å². The van der Waals surface area contributed by atoms with Crippen molar-refractivity contribution in [2.24, 2.45) is 12.8 Å². The molecule has 5 heteroatoms. The van der Waals surface area contributed by atoms with Crippen LogP contribution in [0.5, 0.6) is 0 Å². The van der Waals surface area contributed by atoms with Gasteiger partial charge in [0, 0.05) is 31.0 Å². The number of nitrogens with one attached hydrogen (secondary N) is 1. The molecule has 1 aromatic heterocycles. The van der Waals surface area contributed by atoms with Gasteiger partial charge in [0.25, 0.3) is 0 Å². The molecule has 0 radical (unpaired) electrons. The van der Waals surface area contributed by atoms with Crippen LogP contribution in [0.25, 0.3) is 0 Å². The number of hydrogen-bond acceptors (Lipinski definition) is 3. The van der Waals surface area contributed by atoms with E-state index in [-0.39, 0.29) is 11.9 Å². The second-order valence-corrected chi connectivity index (χ2v) is 4.28. The summed E-state index contributed by atoms with van der Waals surface area (Å²) in [6.45, 7) is 2.40. The van der Waals surface area contributed by atoms with Gasteiger partial charge in [-0.3, -0.25) is 4.68 Å². The molecule has 1 unspecified atom stereocenters. The minimum atomic E-state index is -0.248. The van der Waals surface area contributed by atoms with Crippen LogP contribution >= 0.6 is 0 Å². The molecule has 0 saturated carbocycles. The number of aromatic nitrogens is 2. The molecule has 1 aromatic carbocycles. The fraction of sp³-hybridized carbons (Fsp3) is 0.308. The van der Waals surface area contributed by atoms with Gasteiger partial charge in [0.05, 0.1) is 11.7 Å². The molecule has 0 amide bonds. The van der Waals surface area contributed by atoms with E-state index in [1.54, 1.807) is 16.8 Å². The summed E-state index contributed by atoms with van der Waals surface area (Å²) in [6, 6.07) is 6.22. The third kappa shape index (κ3) is 2.68. The SMILES string of the molecule is Cc1nn(C)cc1C(CN)Nc1ccc(F)cc1. The molecule has 4 nitrogen and oxygen atoms in total. The third-order valence-corrected chi connectivity index (χ3v) is 2.85. The average Bonchev–Trinajstić information content (AvgIpc) is 2.68. The van der Waals surface area contributed by atoms with Crippen LogP contribution in [-0.4, -0.2) is 16.3 Å². The lowest BCUT2D eigenvalue weighted by Gasteiger charge is -2.17. The molecule has 18 heavy (non-hydrogen) atoms. The molecule has 2 aromatic rings. The molecule has 96 valence electrons. The molecule has 3 N–H and O–H groups in total. The largest absolute Gasteiger partial charge is 0.377 e. The summed E-state index contributed by atoms with van der Waals surface area (Å²) in [6.07, 6.45) is 1.95. The van der Waals surface area contributed by atoms with Crippen molar-refractivity contribution in [2.75, 3.05) is 11.9 Å². The minimum Gasteiger partial charge on any atom is -0.377 e. The first-order valence-electron chi connectivity index (χ1n) is 5.82. The molecule has 0 spiro atoms. The Balaban J connectivity index is 2.19. The van der Waals surface area contributed by atoms with E-state index in [0.717, 1.165) is 16.9 Å². The standard InChI is InChI=1S/C13H17FN4/c1-9-12(8-18(2)17-9)13(7-15)16-11-5-3-10(14)4-6-11/h3-6,8,13,16H,7,15H2,1-2H3. The summed E-state index contributed by atoms with van der Waals surface area (Å²) in [5.41, 5.74) is 8.64. The van der Waals surface area contributed by atoms with E-state index in [2.05, 4.69) is 10.4 Å². The van der Waals surface area contributed by atoms with Gasteiger partial charge in [-0.2, -0.15) is 5.10 Å². The predicted molar refractivity (Wildman–Crippen MR) is 69.8 cm³/mol. The highest BCUT2D eigenvalue weighted by Gasteiger charge is 2.14. The smallest absolute Gasteiger partial charge is 0.123 e. The lowest BCUT2D eigenvalue weighted by molar-refractivity contribution is 0.628. The molecule has 0 aliphatic heterocycles. The Bertz CT molecular complexity index is 518. The zero-order valence-corrected chi connectivity index (χ0v) is 10.5. The van der Waals surface area contributed by atoms with Crippen molar-refractivity contribution in [1.82, 2.24) is 9.78 Å². The maximum absolute atomic E-state index is 12.8. The van der Waals surface area contributed by atoms with Crippen LogP contribution < -0.4 is 11.1 Å². The number of benzene rings is 1. The van der Waals surface area contributed by atoms with Crippen molar-refractivity contribution in [3.63, 3.8) is 0 Å². The molecule has 1 heterocycles. The van der Waals surface area contributed by atoms with Crippen molar-refractivity contribution >= 4 is 5.69 Å². The zero-order chi connectivity index (χ0) is 13.1. The van der Waals surface area contributed by atoms with Crippen LogP contribution in [0.3, 0.4) is 0 Å². The molecule has 0 saturated heterocycles. The lowest BCUT2D eigenvalue weighted by atomic mass is 10.1. The van der Waals surface area contributed by atoms with Crippen LogP contribution in [0.1, 0.15) is 17.3 Å². The van der Waals surface area contributed by atoms with Gasteiger partial charge in [0.1, 0.15) is 5.82 Å². The Kier molecular flexibility index (Phi) is 3.62. The van der Waals surface area contributed by atoms with Crippen molar-refractivity contribution in [1.29, 1.82) is 0 Å². The number of anilines is 1. The number of rotatable bonds is 4. The number of nitrogens with zero attached hydrogens (tertiary/aromatic N) is 2. The fourth-order valence-electron chi connectivity index (χ4n) is 1.97. The molecular formula is C13H17FN4. The van der Waals surface area contributed by atoms with Gasteiger partial charge in [-0.25, -0.2) is 4.39 Å². The molecule has 0 aliphatic carbocycles. The predicted octanol–water partition coefficient (Wildman–Crippen LogP) is 1.98. The topological polar surface area (TPSA) is 55.9 Å². The molecule has 0 aliphatic rings. The second kappa shape index (κ2) is 5.18. The fourth-order valence-corrected chi connectivity index (χ4v) is 1.97. The Morgan fingerprint density at radius 3 is 2.56 bits per heavy atom. The molecule has 1 atom stereocenters. The number of halogens is 1. The first kappa shape index (κ1) is 12.6. The summed E-state index contributed by atoms with van der Waals surface area (Å²) >= 11 is 0. The Morgan fingerprint density at radius 1 is 1.39 bits per heavy atom. The van der Waals surface area contributed by atoms with Gasteiger partial charge in [0.2, 0.25) is 0 Å². The van der Waals surface area contributed by atoms with Crippen molar-refractivity contribution in [3.05, 3.63) is 47.5 Å². The molecule has 2 rings (SSSR count). The summed E-state index contributed by atoms with van der Waals surface area (Å²) in [5, 5.41) is 7.58. The van der Waals surface area contributed by atoms with Crippen LogP contribution in [0.15, 0.2) is 30.5 Å². The third-order valence-electron chi connectivity index (χ3n) is 2.85. The quantitative estimate of drug-likeness (QED) is 0.870. The van der Waals surface area contributed by atoms with Gasteiger partial charge in [-0.1, -0.05) is 0 Å². The van der Waals surface area contributed by atoms with E-state index in [4.69, 9.17) is 5.73 Å². The van der Waals surface area contributed by atoms with E-state index >= 15 is 0 Å². The lowest BCUT2D eigenvalue weighted by Crippen LogP contribution is -2.20. The van der Waals surface area contributed by atoms with Gasteiger partial charge < -0.3 is 11.1 Å². The highest BCUT2D eigenvalue weighted by molar-refractivity contribution is 5.45. The van der Waals surface area contributed by atoms with E-state index in [1.807, 2.05) is 20.2 Å². The summed E-state index contributed by atoms with van der Waals surface area (Å²) in [5.74, 6) is -0.248. The van der Waals surface area contributed by atoms with Crippen LogP contribution in [0.4, 0.5) is 10.1 Å². The van der Waals surface area contributed by atoms with Crippen molar-refractivity contribution in [3.8, 4) is 0 Å². The van der Waals surface area contributed by atoms with E-state index in [0.29, 0.717) is 6.54 Å². The van der Waals surface area contributed by atoms with Crippen LogP contribution in [0, 0.1) is 12.7 Å². The maximum Gasteiger partial charge on any atom is 0.123 e. The van der Waals surface area contributed by atoms with Gasteiger partial charge in [-0.15, -0.1) is 0 Å². The Morgan fingerprint density at radius 2 is 2.06 bits per heavy atom. The van der Waals surface area contributed by atoms with Crippen LogP contribution in [0.2, 0.25) is 0 Å². The Hall–Kier alpha value is -1.88. The highest BCUT2D eigenvalue weighted by Crippen LogP contribution is 2.21. The summed E-state index contributed by atoms with van der Waals surface area (Å²) in [4.78, 5) is 0. The van der Waals surface area contributed by atoms with Crippen molar-refractivity contribution < 1.29 is 4.39 Å². The number of nitrogens with two attached hydrogens (primary N) is 1. The first-order chi connectivity index (χ1) is 8.60. The van der Waals surface area contributed by atoms with Gasteiger partial charge in [0.15, 0.2) is 0 Å². The normalized spacial score (nSPS) is 12.4. The first-order valence-corrected chi connectivity index (χ1v) is 5.82. The second-order valence-electron chi connectivity index (χ2n) is 4.28. The number of hydrogen-bond donors (Lipinski definition) is 2. The zero-order valence-electron chi connectivity index (χ0n) is 10.5. The van der Waals surface area contributed by atoms with Crippen LogP contribution in [-0.2, 0) is 7.05 Å².